The Balaban J connectivity index is 1.85. The van der Waals surface area contributed by atoms with Gasteiger partial charge in [-0.15, -0.1) is 0 Å². The minimum absolute atomic E-state index is 0.0291. The number of esters is 1. The Bertz CT molecular complexity index is 1510. The first kappa shape index (κ1) is 26.2. The first-order valence-electron chi connectivity index (χ1n) is 12.1. The number of rotatable bonds is 9. The van der Waals surface area contributed by atoms with Crippen LogP contribution in [0.1, 0.15) is 44.9 Å². The molecule has 2 heterocycles. The van der Waals surface area contributed by atoms with Crippen molar-refractivity contribution in [1.82, 2.24) is 4.57 Å². The van der Waals surface area contributed by atoms with Crippen molar-refractivity contribution in [3.8, 4) is 11.5 Å². The monoisotopic (exact) mass is 518 g/mol. The maximum absolute atomic E-state index is 13.7. The quantitative estimate of drug-likeness (QED) is 0.314. The number of nitrogens with zero attached hydrogens (tertiary/aromatic N) is 2. The average Bonchev–Trinajstić information content (AvgIpc) is 3.16. The molecule has 1 aliphatic heterocycles. The van der Waals surface area contributed by atoms with Gasteiger partial charge in [0.2, 0.25) is 0 Å². The van der Waals surface area contributed by atoms with Gasteiger partial charge in [0.25, 0.3) is 5.56 Å². The SMILES string of the molecule is C=CCOc1cccc(/C=c2\sc3n(c2=O)[C@H](c2ccc(OC(C)C)cc2)C(C(=O)OCC)=C(C)N=3)c1. The fourth-order valence-corrected chi connectivity index (χ4v) is 5.16. The Morgan fingerprint density at radius 2 is 1.95 bits per heavy atom. The molecule has 4 rings (SSSR count). The van der Waals surface area contributed by atoms with Gasteiger partial charge >= 0.3 is 5.97 Å². The van der Waals surface area contributed by atoms with Gasteiger partial charge in [0.1, 0.15) is 18.1 Å². The predicted molar refractivity (Wildman–Crippen MR) is 145 cm³/mol. The Kier molecular flexibility index (Phi) is 8.08. The molecule has 0 N–H and O–H groups in total. The number of fused-ring (bicyclic) bond motifs is 1. The number of carbonyl (C=O) groups is 1. The lowest BCUT2D eigenvalue weighted by Gasteiger charge is -2.25. The van der Waals surface area contributed by atoms with Gasteiger partial charge in [-0.1, -0.05) is 48.3 Å². The summed E-state index contributed by atoms with van der Waals surface area (Å²) in [7, 11) is 0. The largest absolute Gasteiger partial charge is 0.491 e. The summed E-state index contributed by atoms with van der Waals surface area (Å²) in [5, 5.41) is 0. The Morgan fingerprint density at radius 1 is 1.19 bits per heavy atom. The molecule has 1 aromatic heterocycles. The molecule has 0 aliphatic carbocycles. The summed E-state index contributed by atoms with van der Waals surface area (Å²) < 4.78 is 18.8. The van der Waals surface area contributed by atoms with E-state index in [9.17, 15) is 9.59 Å². The van der Waals surface area contributed by atoms with Crippen molar-refractivity contribution in [2.45, 2.75) is 39.8 Å². The van der Waals surface area contributed by atoms with Crippen LogP contribution < -0.4 is 24.4 Å². The molecule has 37 heavy (non-hydrogen) atoms. The molecule has 0 saturated carbocycles. The van der Waals surface area contributed by atoms with Gasteiger partial charge < -0.3 is 14.2 Å². The van der Waals surface area contributed by atoms with E-state index >= 15 is 0 Å². The van der Waals surface area contributed by atoms with E-state index < -0.39 is 12.0 Å². The standard InChI is InChI=1S/C29H30N2O5S/c1-6-15-35-23-10-8-9-20(16-23)17-24-27(32)31-26(21-11-13-22(14-12-21)36-18(3)4)25(28(33)34-7-2)19(5)30-29(31)37-24/h6,8-14,16-18,26H,1,7,15H2,2-5H3/b24-17-/t26-/m1/s1. The molecule has 8 heteroatoms. The van der Waals surface area contributed by atoms with E-state index in [1.54, 1.807) is 24.5 Å². The van der Waals surface area contributed by atoms with Gasteiger partial charge in [0.15, 0.2) is 4.80 Å². The van der Waals surface area contributed by atoms with E-state index in [1.165, 1.54) is 11.3 Å². The summed E-state index contributed by atoms with van der Waals surface area (Å²) in [6, 6.07) is 14.2. The predicted octanol–water partition coefficient (Wildman–Crippen LogP) is 4.15. The smallest absolute Gasteiger partial charge is 0.338 e. The zero-order chi connectivity index (χ0) is 26.5. The molecule has 0 spiro atoms. The number of hydrogen-bond acceptors (Lipinski definition) is 7. The van der Waals surface area contributed by atoms with Gasteiger partial charge in [-0.25, -0.2) is 9.79 Å². The second kappa shape index (κ2) is 11.4. The van der Waals surface area contributed by atoms with Crippen LogP contribution in [0.15, 0.2) is 82.2 Å². The molecule has 3 aromatic rings. The molecule has 0 fully saturated rings. The molecule has 7 nitrogen and oxygen atoms in total. The minimum Gasteiger partial charge on any atom is -0.491 e. The molecule has 0 unspecified atom stereocenters. The topological polar surface area (TPSA) is 79.1 Å². The molecule has 0 saturated heterocycles. The van der Waals surface area contributed by atoms with Gasteiger partial charge in [0, 0.05) is 0 Å². The summed E-state index contributed by atoms with van der Waals surface area (Å²) in [6.07, 6.45) is 3.52. The van der Waals surface area contributed by atoms with Gasteiger partial charge in [-0.05, 0) is 69.2 Å². The highest BCUT2D eigenvalue weighted by atomic mass is 32.1. The molecular weight excluding hydrogens is 488 g/mol. The number of aromatic nitrogens is 1. The zero-order valence-corrected chi connectivity index (χ0v) is 22.2. The highest BCUT2D eigenvalue weighted by Gasteiger charge is 2.33. The van der Waals surface area contributed by atoms with Crippen LogP contribution in [0.3, 0.4) is 0 Å². The van der Waals surface area contributed by atoms with Crippen LogP contribution in [0.25, 0.3) is 6.08 Å². The number of benzene rings is 2. The molecule has 1 aliphatic rings. The van der Waals surface area contributed by atoms with Crippen LogP contribution >= 0.6 is 11.3 Å². The molecule has 0 radical (unpaired) electrons. The van der Waals surface area contributed by atoms with E-state index in [0.717, 1.165) is 11.1 Å². The summed E-state index contributed by atoms with van der Waals surface area (Å²) in [5.74, 6) is 0.907. The van der Waals surface area contributed by atoms with Crippen molar-refractivity contribution in [1.29, 1.82) is 0 Å². The zero-order valence-electron chi connectivity index (χ0n) is 21.4. The van der Waals surface area contributed by atoms with E-state index in [-0.39, 0.29) is 18.3 Å². The van der Waals surface area contributed by atoms with E-state index in [2.05, 4.69) is 11.6 Å². The van der Waals surface area contributed by atoms with Crippen LogP contribution in [-0.2, 0) is 9.53 Å². The molecular formula is C29H30N2O5S. The molecule has 0 amide bonds. The van der Waals surface area contributed by atoms with Crippen LogP contribution in [0, 0.1) is 0 Å². The van der Waals surface area contributed by atoms with E-state index in [1.807, 2.05) is 68.5 Å². The van der Waals surface area contributed by atoms with Crippen LogP contribution in [0.4, 0.5) is 0 Å². The summed E-state index contributed by atoms with van der Waals surface area (Å²) >= 11 is 1.28. The lowest BCUT2D eigenvalue weighted by Crippen LogP contribution is -2.39. The third-order valence-corrected chi connectivity index (χ3v) is 6.59. The fourth-order valence-electron chi connectivity index (χ4n) is 4.11. The molecule has 192 valence electrons. The summed E-state index contributed by atoms with van der Waals surface area (Å²) in [4.78, 5) is 31.9. The van der Waals surface area contributed by atoms with Gasteiger partial charge in [0.05, 0.1) is 34.6 Å². The lowest BCUT2D eigenvalue weighted by atomic mass is 9.96. The van der Waals surface area contributed by atoms with Crippen molar-refractivity contribution < 1.29 is 19.0 Å². The van der Waals surface area contributed by atoms with Crippen molar-refractivity contribution in [3.63, 3.8) is 0 Å². The van der Waals surface area contributed by atoms with Crippen LogP contribution in [0.2, 0.25) is 0 Å². The van der Waals surface area contributed by atoms with Crippen LogP contribution in [0.5, 0.6) is 11.5 Å². The maximum Gasteiger partial charge on any atom is 0.338 e. The van der Waals surface area contributed by atoms with Gasteiger partial charge in [-0.3, -0.25) is 9.36 Å². The number of allylic oxidation sites excluding steroid dienone is 1. The fraction of sp³-hybridized carbons (Fsp3) is 0.276. The second-order valence-electron chi connectivity index (χ2n) is 8.71. The number of thiazole rings is 1. The highest BCUT2D eigenvalue weighted by molar-refractivity contribution is 7.07. The lowest BCUT2D eigenvalue weighted by molar-refractivity contribution is -0.139. The maximum atomic E-state index is 13.7. The number of ether oxygens (including phenoxy) is 3. The average molecular weight is 519 g/mol. The van der Waals surface area contributed by atoms with Crippen LogP contribution in [-0.4, -0.2) is 29.9 Å². The van der Waals surface area contributed by atoms with Gasteiger partial charge in [-0.2, -0.15) is 0 Å². The summed E-state index contributed by atoms with van der Waals surface area (Å²) in [6.45, 7) is 11.7. The van der Waals surface area contributed by atoms with Crippen molar-refractivity contribution >= 4 is 23.4 Å². The second-order valence-corrected chi connectivity index (χ2v) is 9.72. The number of hydrogen-bond donors (Lipinski definition) is 0. The molecule has 2 aromatic carbocycles. The first-order valence-corrected chi connectivity index (χ1v) is 12.9. The van der Waals surface area contributed by atoms with Crippen molar-refractivity contribution in [3.05, 3.63) is 103 Å². The Morgan fingerprint density at radius 3 is 2.62 bits per heavy atom. The normalized spacial score (nSPS) is 15.3. The Labute approximate surface area is 219 Å². The third-order valence-electron chi connectivity index (χ3n) is 5.61. The molecule has 0 bridgehead atoms. The number of carbonyl (C=O) groups excluding carboxylic acids is 1. The van der Waals surface area contributed by atoms with Crippen molar-refractivity contribution in [2.75, 3.05) is 13.2 Å². The first-order chi connectivity index (χ1) is 17.8. The molecule has 1 atom stereocenters. The summed E-state index contributed by atoms with van der Waals surface area (Å²) in [5.41, 5.74) is 2.22. The Hall–Kier alpha value is -3.91. The highest BCUT2D eigenvalue weighted by Crippen LogP contribution is 2.31. The van der Waals surface area contributed by atoms with E-state index in [4.69, 9.17) is 14.2 Å². The van der Waals surface area contributed by atoms with Crippen molar-refractivity contribution in [2.24, 2.45) is 4.99 Å². The van der Waals surface area contributed by atoms with E-state index in [0.29, 0.717) is 38.7 Å². The minimum atomic E-state index is -0.673. The third kappa shape index (κ3) is 5.75.